The van der Waals surface area contributed by atoms with E-state index in [1.54, 1.807) is 24.3 Å². The summed E-state index contributed by atoms with van der Waals surface area (Å²) in [5.41, 5.74) is 1.05. The third-order valence-corrected chi connectivity index (χ3v) is 6.44. The van der Waals surface area contributed by atoms with Crippen LogP contribution >= 0.6 is 31.9 Å². The van der Waals surface area contributed by atoms with Crippen molar-refractivity contribution in [1.29, 1.82) is 0 Å². The van der Waals surface area contributed by atoms with Crippen LogP contribution in [-0.4, -0.2) is 72.7 Å². The Labute approximate surface area is 245 Å². The molecule has 5 atom stereocenters. The number of carbonyl (C=O) groups excluding carboxylic acids is 5. The minimum Gasteiger partial charge on any atom is -0.463 e. The predicted molar refractivity (Wildman–Crippen MR) is 145 cm³/mol. The van der Waals surface area contributed by atoms with Crippen molar-refractivity contribution in [2.24, 2.45) is 4.99 Å². The lowest BCUT2D eigenvalue weighted by Gasteiger charge is -2.44. The van der Waals surface area contributed by atoms with E-state index in [4.69, 9.17) is 28.4 Å². The summed E-state index contributed by atoms with van der Waals surface area (Å²) in [6, 6.07) is 3.27. The first-order valence-corrected chi connectivity index (χ1v) is 13.4. The van der Waals surface area contributed by atoms with Crippen LogP contribution in [0.2, 0.25) is 0 Å². The van der Waals surface area contributed by atoms with Gasteiger partial charge in [-0.15, -0.1) is 0 Å². The molecule has 0 spiro atoms. The monoisotopic (exact) mass is 685 g/mol. The van der Waals surface area contributed by atoms with Gasteiger partial charge in [-0.2, -0.15) is 0 Å². The Kier molecular flexibility index (Phi) is 10.8. The summed E-state index contributed by atoms with van der Waals surface area (Å²) in [5, 5.41) is 0. The van der Waals surface area contributed by atoms with Gasteiger partial charge in [-0.05, 0) is 68.3 Å². The van der Waals surface area contributed by atoms with E-state index in [9.17, 15) is 24.0 Å². The molecule has 1 heterocycles. The van der Waals surface area contributed by atoms with Crippen molar-refractivity contribution in [3.8, 4) is 5.75 Å². The van der Waals surface area contributed by atoms with Crippen molar-refractivity contribution in [2.45, 2.75) is 58.4 Å². The predicted octanol–water partition coefficient (Wildman–Crippen LogP) is 3.44. The summed E-state index contributed by atoms with van der Waals surface area (Å²) in [4.78, 5) is 63.3. The smallest absolute Gasteiger partial charge is 0.303 e. The fraction of sp³-hybridized carbons (Fsp3) is 0.385. The number of rotatable bonds is 8. The summed E-state index contributed by atoms with van der Waals surface area (Å²) < 4.78 is 34.2. The Balaban J connectivity index is 1.99. The maximum Gasteiger partial charge on any atom is 0.303 e. The molecule has 14 heteroatoms. The van der Waals surface area contributed by atoms with Crippen molar-refractivity contribution < 1.29 is 52.4 Å². The maximum atomic E-state index is 12.0. The van der Waals surface area contributed by atoms with E-state index in [1.807, 2.05) is 0 Å². The molecule has 0 amide bonds. The van der Waals surface area contributed by atoms with Crippen LogP contribution in [0.4, 0.5) is 5.69 Å². The van der Waals surface area contributed by atoms with Gasteiger partial charge in [0, 0.05) is 27.7 Å². The van der Waals surface area contributed by atoms with Crippen LogP contribution in [0.3, 0.4) is 0 Å². The van der Waals surface area contributed by atoms with E-state index < -0.39 is 54.6 Å². The van der Waals surface area contributed by atoms with Gasteiger partial charge in [0.05, 0.1) is 20.3 Å². The zero-order valence-electron chi connectivity index (χ0n) is 21.8. The number of ether oxygens (including phenoxy) is 6. The van der Waals surface area contributed by atoms with Gasteiger partial charge in [-0.1, -0.05) is 0 Å². The molecule has 0 saturated carbocycles. The number of benzene rings is 1. The van der Waals surface area contributed by atoms with Gasteiger partial charge in [-0.3, -0.25) is 24.0 Å². The lowest BCUT2D eigenvalue weighted by atomic mass is 9.98. The van der Waals surface area contributed by atoms with Crippen molar-refractivity contribution in [3.05, 3.63) is 45.4 Å². The Morgan fingerprint density at radius 2 is 1.32 bits per heavy atom. The second-order valence-electron chi connectivity index (χ2n) is 8.53. The number of ketones is 1. The minimum atomic E-state index is -1.42. The van der Waals surface area contributed by atoms with Crippen LogP contribution in [0.5, 0.6) is 5.75 Å². The second kappa shape index (κ2) is 13.8. The number of allylic oxidation sites excluding steroid dienone is 4. The van der Waals surface area contributed by atoms with Gasteiger partial charge >= 0.3 is 23.9 Å². The van der Waals surface area contributed by atoms with Gasteiger partial charge in [0.15, 0.2) is 23.7 Å². The van der Waals surface area contributed by atoms with Crippen LogP contribution in [-0.2, 0) is 47.7 Å². The summed E-state index contributed by atoms with van der Waals surface area (Å²) in [6.45, 7) is 4.18. The Bertz CT molecular complexity index is 1250. The standard InChI is InChI=1S/C26H25Br2NO11/c1-12(30)35-11-21-23(36-13(2)31)24(37-14(3)32)25(38-15(4)33)26(39-21)40-22-19(27)9-17(10-20(22)28)29-16-5-7-18(34)8-6-16/h5-10,21,23-26H,11H2,1-4H3/t21-,23-,24+,25-,26+/m1/s1. The Hall–Kier alpha value is -3.36. The van der Waals surface area contributed by atoms with E-state index >= 15 is 0 Å². The van der Waals surface area contributed by atoms with Gasteiger partial charge < -0.3 is 28.4 Å². The largest absolute Gasteiger partial charge is 0.463 e. The van der Waals surface area contributed by atoms with Crippen LogP contribution in [0.1, 0.15) is 27.7 Å². The topological polar surface area (TPSA) is 153 Å². The van der Waals surface area contributed by atoms with Gasteiger partial charge in [-0.25, -0.2) is 4.99 Å². The van der Waals surface area contributed by atoms with E-state index in [1.165, 1.54) is 19.1 Å². The molecule has 0 bridgehead atoms. The molecule has 2 aliphatic rings. The van der Waals surface area contributed by atoms with E-state index in [-0.39, 0.29) is 18.1 Å². The lowest BCUT2D eigenvalue weighted by molar-refractivity contribution is -0.288. The molecule has 12 nitrogen and oxygen atoms in total. The number of hydrogen-bond acceptors (Lipinski definition) is 12. The van der Waals surface area contributed by atoms with E-state index in [0.29, 0.717) is 20.3 Å². The van der Waals surface area contributed by atoms with Crippen molar-refractivity contribution >= 4 is 72.9 Å². The SMILES string of the molecule is CC(=O)OC[C@H]1O[C@@H](Oc2c(Br)cc(N=C3C=CC(=O)C=C3)cc2Br)[C@H](OC(C)=O)[C@@H](OC(C)=O)[C@@H]1OC(C)=O. The van der Waals surface area contributed by atoms with Crippen LogP contribution in [0.25, 0.3) is 0 Å². The molecule has 40 heavy (non-hydrogen) atoms. The third-order valence-electron chi connectivity index (χ3n) is 5.26. The average molecular weight is 687 g/mol. The number of nitrogens with zero attached hydrogens (tertiary/aromatic N) is 1. The molecular formula is C26H25Br2NO11. The molecule has 0 unspecified atom stereocenters. The summed E-state index contributed by atoms with van der Waals surface area (Å²) >= 11 is 6.87. The molecule has 1 saturated heterocycles. The van der Waals surface area contributed by atoms with Crippen LogP contribution < -0.4 is 4.74 Å². The molecule has 1 aromatic rings. The average Bonchev–Trinajstić information content (AvgIpc) is 2.84. The fourth-order valence-corrected chi connectivity index (χ4v) is 5.14. The fourth-order valence-electron chi connectivity index (χ4n) is 3.79. The molecule has 214 valence electrons. The van der Waals surface area contributed by atoms with Crippen LogP contribution in [0, 0.1) is 0 Å². The molecular weight excluding hydrogens is 662 g/mol. The highest BCUT2D eigenvalue weighted by molar-refractivity contribution is 9.11. The van der Waals surface area contributed by atoms with E-state index in [0.717, 1.165) is 20.8 Å². The normalized spacial score (nSPS) is 23.7. The van der Waals surface area contributed by atoms with Crippen LogP contribution in [0.15, 0.2) is 50.4 Å². The summed E-state index contributed by atoms with van der Waals surface area (Å²) in [7, 11) is 0. The van der Waals surface area contributed by atoms with E-state index in [2.05, 4.69) is 36.9 Å². The third kappa shape index (κ3) is 8.57. The first kappa shape index (κ1) is 31.2. The number of aliphatic imine (C=N–C) groups is 1. The number of carbonyl (C=O) groups is 5. The number of halogens is 2. The molecule has 1 fully saturated rings. The highest BCUT2D eigenvalue weighted by Crippen LogP contribution is 2.40. The Morgan fingerprint density at radius 1 is 0.800 bits per heavy atom. The zero-order chi connectivity index (χ0) is 29.6. The van der Waals surface area contributed by atoms with Crippen molar-refractivity contribution in [3.63, 3.8) is 0 Å². The maximum absolute atomic E-state index is 12.0. The van der Waals surface area contributed by atoms with Gasteiger partial charge in [0.2, 0.25) is 12.4 Å². The minimum absolute atomic E-state index is 0.144. The summed E-state index contributed by atoms with van der Waals surface area (Å²) in [6.07, 6.45) is -0.717. The zero-order valence-corrected chi connectivity index (χ0v) is 24.9. The number of hydrogen-bond donors (Lipinski definition) is 0. The highest BCUT2D eigenvalue weighted by atomic mass is 79.9. The molecule has 0 radical (unpaired) electrons. The first-order valence-electron chi connectivity index (χ1n) is 11.8. The Morgan fingerprint density at radius 3 is 1.85 bits per heavy atom. The van der Waals surface area contributed by atoms with Gasteiger partial charge in [0.25, 0.3) is 0 Å². The molecule has 0 N–H and O–H groups in total. The molecule has 1 aliphatic carbocycles. The van der Waals surface area contributed by atoms with Gasteiger partial charge in [0.1, 0.15) is 12.7 Å². The number of esters is 4. The molecule has 3 rings (SSSR count). The molecule has 1 aromatic carbocycles. The van der Waals surface area contributed by atoms with Crippen molar-refractivity contribution in [2.75, 3.05) is 6.61 Å². The summed E-state index contributed by atoms with van der Waals surface area (Å²) in [5.74, 6) is -2.83. The lowest BCUT2D eigenvalue weighted by Crippen LogP contribution is -2.63. The second-order valence-corrected chi connectivity index (χ2v) is 10.2. The molecule has 1 aliphatic heterocycles. The first-order chi connectivity index (χ1) is 18.8. The van der Waals surface area contributed by atoms with Crippen molar-refractivity contribution in [1.82, 2.24) is 0 Å². The molecule has 0 aromatic heterocycles. The highest BCUT2D eigenvalue weighted by Gasteiger charge is 2.53. The quantitative estimate of drug-likeness (QED) is 0.225.